The van der Waals surface area contributed by atoms with Crippen molar-refractivity contribution in [2.24, 2.45) is 5.92 Å². The first kappa shape index (κ1) is 22.3. The van der Waals surface area contributed by atoms with Crippen LogP contribution in [0.1, 0.15) is 55.3 Å². The van der Waals surface area contributed by atoms with E-state index in [1.165, 1.54) is 11.1 Å². The molecule has 3 heteroatoms. The molecule has 0 radical (unpaired) electrons. The zero-order valence-electron chi connectivity index (χ0n) is 19.2. The lowest BCUT2D eigenvalue weighted by molar-refractivity contribution is -0.122. The van der Waals surface area contributed by atoms with Crippen molar-refractivity contribution in [2.75, 3.05) is 18.4 Å². The Morgan fingerprint density at radius 2 is 1.44 bits per heavy atom. The number of anilines is 1. The van der Waals surface area contributed by atoms with Gasteiger partial charge < -0.3 is 5.32 Å². The number of nitrogens with one attached hydrogen (secondary N) is 1. The summed E-state index contributed by atoms with van der Waals surface area (Å²) in [5, 5.41) is 3.17. The molecule has 1 amide bonds. The highest BCUT2D eigenvalue weighted by Crippen LogP contribution is 2.30. The van der Waals surface area contributed by atoms with Gasteiger partial charge in [-0.25, -0.2) is 0 Å². The minimum Gasteiger partial charge on any atom is -0.324 e. The highest BCUT2D eigenvalue weighted by molar-refractivity contribution is 5.95. The molecule has 0 spiro atoms. The van der Waals surface area contributed by atoms with E-state index in [1.54, 1.807) is 0 Å². The molecule has 1 atom stereocenters. The Morgan fingerprint density at radius 3 is 2.03 bits per heavy atom. The van der Waals surface area contributed by atoms with Gasteiger partial charge in [-0.1, -0.05) is 86.6 Å². The van der Waals surface area contributed by atoms with E-state index >= 15 is 0 Å². The summed E-state index contributed by atoms with van der Waals surface area (Å²) < 4.78 is 0. The molecule has 166 valence electrons. The Kier molecular flexibility index (Phi) is 7.39. The van der Waals surface area contributed by atoms with E-state index in [-0.39, 0.29) is 11.9 Å². The van der Waals surface area contributed by atoms with E-state index in [1.807, 2.05) is 30.3 Å². The third-order valence-electron chi connectivity index (χ3n) is 6.59. The smallest absolute Gasteiger partial charge is 0.246 e. The predicted molar refractivity (Wildman–Crippen MR) is 133 cm³/mol. The maximum absolute atomic E-state index is 13.5. The first-order valence-corrected chi connectivity index (χ1v) is 11.8. The summed E-state index contributed by atoms with van der Waals surface area (Å²) in [6.45, 7) is 6.24. The Bertz CT molecular complexity index is 975. The third-order valence-corrected chi connectivity index (χ3v) is 6.59. The van der Waals surface area contributed by atoms with Gasteiger partial charge in [-0.05, 0) is 73.0 Å². The van der Waals surface area contributed by atoms with Gasteiger partial charge in [0.05, 0.1) is 0 Å². The molecule has 0 aromatic heterocycles. The second-order valence-corrected chi connectivity index (χ2v) is 9.25. The van der Waals surface area contributed by atoms with Crippen LogP contribution in [0.2, 0.25) is 0 Å². The first-order valence-electron chi connectivity index (χ1n) is 11.8. The Hall–Kier alpha value is -2.91. The number of carbonyl (C=O) groups excluding carboxylic acids is 1. The molecular weight excluding hydrogens is 392 g/mol. The lowest BCUT2D eigenvalue weighted by Crippen LogP contribution is -2.42. The zero-order chi connectivity index (χ0) is 22.3. The molecule has 1 fully saturated rings. The minimum absolute atomic E-state index is 0.0509. The molecule has 1 N–H and O–H groups in total. The average molecular weight is 427 g/mol. The molecule has 0 saturated carbocycles. The zero-order valence-corrected chi connectivity index (χ0v) is 19.2. The highest BCUT2D eigenvalue weighted by atomic mass is 16.2. The predicted octanol–water partition coefficient (Wildman–Crippen LogP) is 6.44. The molecule has 4 rings (SSSR count). The normalized spacial score (nSPS) is 16.1. The molecule has 1 aliphatic rings. The molecule has 1 saturated heterocycles. The van der Waals surface area contributed by atoms with Crippen molar-refractivity contribution >= 4 is 11.6 Å². The van der Waals surface area contributed by atoms with Crippen LogP contribution in [0.25, 0.3) is 0 Å². The summed E-state index contributed by atoms with van der Waals surface area (Å²) in [5.74, 6) is 1.21. The van der Waals surface area contributed by atoms with Crippen LogP contribution in [0.3, 0.4) is 0 Å². The first-order chi connectivity index (χ1) is 15.6. The fourth-order valence-electron chi connectivity index (χ4n) is 4.69. The Balaban J connectivity index is 1.45. The van der Waals surface area contributed by atoms with Crippen molar-refractivity contribution < 1.29 is 4.79 Å². The topological polar surface area (TPSA) is 32.3 Å². The number of amides is 1. The van der Waals surface area contributed by atoms with Crippen molar-refractivity contribution in [3.05, 3.63) is 102 Å². The second-order valence-electron chi connectivity index (χ2n) is 9.25. The van der Waals surface area contributed by atoms with Gasteiger partial charge in [0.25, 0.3) is 0 Å². The number of hydrogen-bond acceptors (Lipinski definition) is 2. The monoisotopic (exact) mass is 426 g/mol. The summed E-state index contributed by atoms with van der Waals surface area (Å²) >= 11 is 0. The van der Waals surface area contributed by atoms with Crippen LogP contribution in [0.4, 0.5) is 5.69 Å². The molecule has 1 aliphatic heterocycles. The molecule has 3 nitrogen and oxygen atoms in total. The van der Waals surface area contributed by atoms with Crippen molar-refractivity contribution in [1.82, 2.24) is 4.90 Å². The molecule has 0 aliphatic carbocycles. The van der Waals surface area contributed by atoms with Gasteiger partial charge in [-0.15, -0.1) is 0 Å². The summed E-state index contributed by atoms with van der Waals surface area (Å²) in [6, 6.07) is 28.9. The van der Waals surface area contributed by atoms with Gasteiger partial charge in [-0.3, -0.25) is 9.69 Å². The maximum Gasteiger partial charge on any atom is 0.246 e. The average Bonchev–Trinajstić information content (AvgIpc) is 2.82. The van der Waals surface area contributed by atoms with Crippen molar-refractivity contribution in [3.8, 4) is 0 Å². The van der Waals surface area contributed by atoms with Crippen LogP contribution in [0.5, 0.6) is 0 Å². The van der Waals surface area contributed by atoms with Crippen molar-refractivity contribution in [1.29, 1.82) is 0 Å². The van der Waals surface area contributed by atoms with Gasteiger partial charge in [0.1, 0.15) is 6.04 Å². The van der Waals surface area contributed by atoms with E-state index in [9.17, 15) is 4.79 Å². The molecule has 3 aromatic carbocycles. The van der Waals surface area contributed by atoms with Gasteiger partial charge >= 0.3 is 0 Å². The number of rotatable bonds is 7. The summed E-state index contributed by atoms with van der Waals surface area (Å²) in [5.41, 5.74) is 4.61. The number of carbonyl (C=O) groups is 1. The SMILES string of the molecule is CC(C)c1ccc(NC(=O)[C@@H](c2ccccc2)N2CCC(Cc3ccccc3)CC2)cc1. The molecule has 3 aromatic rings. The van der Waals surface area contributed by atoms with E-state index < -0.39 is 0 Å². The standard InChI is InChI=1S/C29H34N2O/c1-22(2)25-13-15-27(16-14-25)30-29(32)28(26-11-7-4-8-12-26)31-19-17-24(18-20-31)21-23-9-5-3-6-10-23/h3-16,22,24,28H,17-21H2,1-2H3,(H,30,32)/t28-/m1/s1. The van der Waals surface area contributed by atoms with E-state index in [4.69, 9.17) is 0 Å². The van der Waals surface area contributed by atoms with Crippen LogP contribution in [-0.4, -0.2) is 23.9 Å². The summed E-state index contributed by atoms with van der Waals surface area (Å²) in [4.78, 5) is 15.8. The molecule has 1 heterocycles. The van der Waals surface area contributed by atoms with Crippen LogP contribution in [0, 0.1) is 5.92 Å². The lowest BCUT2D eigenvalue weighted by Gasteiger charge is -2.37. The number of nitrogens with zero attached hydrogens (tertiary/aromatic N) is 1. The van der Waals surface area contributed by atoms with Crippen molar-refractivity contribution in [3.63, 3.8) is 0 Å². The van der Waals surface area contributed by atoms with Crippen LogP contribution in [-0.2, 0) is 11.2 Å². The van der Waals surface area contributed by atoms with Gasteiger partial charge in [0, 0.05) is 5.69 Å². The summed E-state index contributed by atoms with van der Waals surface area (Å²) in [6.07, 6.45) is 3.36. The molecule has 0 bridgehead atoms. The van der Waals surface area contributed by atoms with Gasteiger partial charge in [-0.2, -0.15) is 0 Å². The summed E-state index contributed by atoms with van der Waals surface area (Å²) in [7, 11) is 0. The number of benzene rings is 3. The quantitative estimate of drug-likeness (QED) is 0.471. The lowest BCUT2D eigenvalue weighted by atomic mass is 9.89. The van der Waals surface area contributed by atoms with Gasteiger partial charge in [0.2, 0.25) is 5.91 Å². The largest absolute Gasteiger partial charge is 0.324 e. The second kappa shape index (κ2) is 10.6. The van der Waals surface area contributed by atoms with Crippen LogP contribution >= 0.6 is 0 Å². The third kappa shape index (κ3) is 5.66. The van der Waals surface area contributed by atoms with Crippen molar-refractivity contribution in [2.45, 2.75) is 45.1 Å². The van der Waals surface area contributed by atoms with Crippen LogP contribution < -0.4 is 5.32 Å². The van der Waals surface area contributed by atoms with Crippen LogP contribution in [0.15, 0.2) is 84.9 Å². The maximum atomic E-state index is 13.5. The Morgan fingerprint density at radius 1 is 0.844 bits per heavy atom. The van der Waals surface area contributed by atoms with E-state index in [0.717, 1.165) is 43.6 Å². The molecule has 0 unspecified atom stereocenters. The number of likely N-dealkylation sites (tertiary alicyclic amines) is 1. The molecular formula is C29H34N2O. The van der Waals surface area contributed by atoms with E-state index in [2.05, 4.69) is 78.7 Å². The fraction of sp³-hybridized carbons (Fsp3) is 0.345. The highest BCUT2D eigenvalue weighted by Gasteiger charge is 2.31. The number of hydrogen-bond donors (Lipinski definition) is 1. The Labute approximate surface area is 192 Å². The minimum atomic E-state index is -0.265. The van der Waals surface area contributed by atoms with Gasteiger partial charge in [0.15, 0.2) is 0 Å². The molecule has 32 heavy (non-hydrogen) atoms. The number of piperidine rings is 1. The van der Waals surface area contributed by atoms with E-state index in [0.29, 0.717) is 11.8 Å². The fourth-order valence-corrected chi connectivity index (χ4v) is 4.69.